The van der Waals surface area contributed by atoms with Gasteiger partial charge in [-0.2, -0.15) is 0 Å². The Morgan fingerprint density at radius 1 is 1.22 bits per heavy atom. The lowest BCUT2D eigenvalue weighted by atomic mass is 9.83. The summed E-state index contributed by atoms with van der Waals surface area (Å²) in [4.78, 5) is 0. The summed E-state index contributed by atoms with van der Waals surface area (Å²) < 4.78 is 46.4. The van der Waals surface area contributed by atoms with Crippen LogP contribution in [0.4, 0.5) is 4.39 Å². The molecule has 6 heteroatoms. The fourth-order valence-corrected chi connectivity index (χ4v) is 4.75. The van der Waals surface area contributed by atoms with Crippen LogP contribution in [0.5, 0.6) is 0 Å². The van der Waals surface area contributed by atoms with E-state index in [1.807, 2.05) is 20.8 Å². The van der Waals surface area contributed by atoms with Crippen molar-refractivity contribution in [3.8, 4) is 0 Å². The van der Waals surface area contributed by atoms with Gasteiger partial charge in [0.25, 0.3) is 0 Å². The van der Waals surface area contributed by atoms with Gasteiger partial charge in [-0.05, 0) is 41.9 Å². The molecule has 1 saturated heterocycles. The zero-order valence-corrected chi connectivity index (χ0v) is 14.8. The summed E-state index contributed by atoms with van der Waals surface area (Å²) in [5.74, 6) is -0.0778. The normalized spacial score (nSPS) is 18.8. The number of halogens is 1. The molecule has 130 valence electrons. The van der Waals surface area contributed by atoms with Gasteiger partial charge in [0.05, 0.1) is 11.8 Å². The van der Waals surface area contributed by atoms with Crippen molar-refractivity contribution in [2.75, 3.05) is 19.0 Å². The lowest BCUT2D eigenvalue weighted by molar-refractivity contribution is 0.0722. The van der Waals surface area contributed by atoms with Crippen LogP contribution in [-0.4, -0.2) is 27.4 Å². The van der Waals surface area contributed by atoms with Crippen LogP contribution in [-0.2, 0) is 14.8 Å². The molecule has 1 fully saturated rings. The van der Waals surface area contributed by atoms with Crippen LogP contribution in [0.25, 0.3) is 0 Å². The first-order valence-electron chi connectivity index (χ1n) is 8.00. The standard InChI is InChI=1S/C17H26FNO3S/c1-17(2,3)16(14-4-6-15(18)7-5-14)19-23(20,21)12-13-8-10-22-11-9-13/h4-7,13,16,19H,8-12H2,1-3H3. The van der Waals surface area contributed by atoms with Crippen molar-refractivity contribution in [2.45, 2.75) is 39.7 Å². The number of rotatable bonds is 5. The minimum Gasteiger partial charge on any atom is -0.381 e. The molecule has 1 aliphatic rings. The second kappa shape index (κ2) is 7.28. The maximum atomic E-state index is 13.1. The van der Waals surface area contributed by atoms with Crippen LogP contribution < -0.4 is 4.72 Å². The highest BCUT2D eigenvalue weighted by molar-refractivity contribution is 7.89. The lowest BCUT2D eigenvalue weighted by Crippen LogP contribution is -2.39. The summed E-state index contributed by atoms with van der Waals surface area (Å²) in [5, 5.41) is 0. The molecule has 1 aromatic rings. The number of sulfonamides is 1. The molecule has 23 heavy (non-hydrogen) atoms. The van der Waals surface area contributed by atoms with Crippen LogP contribution >= 0.6 is 0 Å². The summed E-state index contributed by atoms with van der Waals surface area (Å²) >= 11 is 0. The molecule has 1 aromatic carbocycles. The number of nitrogens with one attached hydrogen (secondary N) is 1. The molecule has 2 rings (SSSR count). The van der Waals surface area contributed by atoms with Crippen LogP contribution in [0.1, 0.15) is 45.2 Å². The van der Waals surface area contributed by atoms with E-state index in [9.17, 15) is 12.8 Å². The molecule has 1 heterocycles. The van der Waals surface area contributed by atoms with E-state index in [1.54, 1.807) is 12.1 Å². The van der Waals surface area contributed by atoms with Gasteiger partial charge >= 0.3 is 0 Å². The Balaban J connectivity index is 2.15. The minimum atomic E-state index is -3.42. The molecule has 0 spiro atoms. The van der Waals surface area contributed by atoms with Crippen LogP contribution in [0, 0.1) is 17.2 Å². The summed E-state index contributed by atoms with van der Waals surface area (Å²) in [6, 6.07) is 5.61. The number of ether oxygens (including phenoxy) is 1. The van der Waals surface area contributed by atoms with Gasteiger partial charge in [0.2, 0.25) is 10.0 Å². The number of benzene rings is 1. The Labute approximate surface area is 138 Å². The van der Waals surface area contributed by atoms with Crippen molar-refractivity contribution in [2.24, 2.45) is 11.3 Å². The van der Waals surface area contributed by atoms with Gasteiger partial charge in [-0.3, -0.25) is 0 Å². The Kier molecular flexibility index (Phi) is 5.81. The second-order valence-corrected chi connectivity index (χ2v) is 9.10. The molecule has 0 aromatic heterocycles. The topological polar surface area (TPSA) is 55.4 Å². The molecule has 0 aliphatic carbocycles. The van der Waals surface area contributed by atoms with Crippen molar-refractivity contribution < 1.29 is 17.5 Å². The van der Waals surface area contributed by atoms with Crippen molar-refractivity contribution >= 4 is 10.0 Å². The van der Waals surface area contributed by atoms with E-state index in [2.05, 4.69) is 4.72 Å². The summed E-state index contributed by atoms with van der Waals surface area (Å²) in [7, 11) is -3.42. The lowest BCUT2D eigenvalue weighted by Gasteiger charge is -2.32. The Bertz CT molecular complexity index is 602. The third-order valence-corrected chi connectivity index (χ3v) is 5.67. The Morgan fingerprint density at radius 3 is 2.30 bits per heavy atom. The maximum absolute atomic E-state index is 13.1. The van der Waals surface area contributed by atoms with Gasteiger partial charge in [-0.25, -0.2) is 17.5 Å². The van der Waals surface area contributed by atoms with Crippen LogP contribution in [0.2, 0.25) is 0 Å². The number of hydrogen-bond acceptors (Lipinski definition) is 3. The van der Waals surface area contributed by atoms with Crippen molar-refractivity contribution in [3.05, 3.63) is 35.6 Å². The van der Waals surface area contributed by atoms with Gasteiger partial charge in [0.15, 0.2) is 0 Å². The van der Waals surface area contributed by atoms with E-state index >= 15 is 0 Å². The van der Waals surface area contributed by atoms with E-state index in [4.69, 9.17) is 4.74 Å². The average Bonchev–Trinajstić information content (AvgIpc) is 2.45. The van der Waals surface area contributed by atoms with Crippen molar-refractivity contribution in [1.82, 2.24) is 4.72 Å². The second-order valence-electron chi connectivity index (χ2n) is 7.31. The third-order valence-electron chi connectivity index (χ3n) is 4.16. The first-order valence-corrected chi connectivity index (χ1v) is 9.66. The SMILES string of the molecule is CC(C)(C)C(NS(=O)(=O)CC1CCOCC1)c1ccc(F)cc1. The largest absolute Gasteiger partial charge is 0.381 e. The fourth-order valence-electron chi connectivity index (χ4n) is 2.85. The Morgan fingerprint density at radius 2 is 1.78 bits per heavy atom. The highest BCUT2D eigenvalue weighted by atomic mass is 32.2. The average molecular weight is 343 g/mol. The molecule has 1 aliphatic heterocycles. The van der Waals surface area contributed by atoms with Gasteiger partial charge in [0, 0.05) is 13.2 Å². The molecule has 0 radical (unpaired) electrons. The number of hydrogen-bond donors (Lipinski definition) is 1. The van der Waals surface area contributed by atoms with Crippen molar-refractivity contribution in [3.63, 3.8) is 0 Å². The Hall–Kier alpha value is -0.980. The zero-order chi connectivity index (χ0) is 17.1. The predicted octanol–water partition coefficient (Wildman–Crippen LogP) is 3.26. The molecule has 1 N–H and O–H groups in total. The van der Waals surface area contributed by atoms with E-state index in [0.29, 0.717) is 13.2 Å². The van der Waals surface area contributed by atoms with Gasteiger partial charge < -0.3 is 4.74 Å². The zero-order valence-electron chi connectivity index (χ0n) is 14.0. The highest BCUT2D eigenvalue weighted by Crippen LogP contribution is 2.33. The van der Waals surface area contributed by atoms with Crippen LogP contribution in [0.3, 0.4) is 0 Å². The first-order chi connectivity index (χ1) is 10.7. The predicted molar refractivity (Wildman–Crippen MR) is 89.1 cm³/mol. The molecular formula is C17H26FNO3S. The van der Waals surface area contributed by atoms with Gasteiger partial charge in [-0.1, -0.05) is 32.9 Å². The first kappa shape index (κ1) is 18.4. The van der Waals surface area contributed by atoms with Crippen molar-refractivity contribution in [1.29, 1.82) is 0 Å². The third kappa shape index (κ3) is 5.55. The van der Waals surface area contributed by atoms with E-state index in [-0.39, 0.29) is 22.9 Å². The molecule has 1 atom stereocenters. The quantitative estimate of drug-likeness (QED) is 0.893. The molecular weight excluding hydrogens is 317 g/mol. The highest BCUT2D eigenvalue weighted by Gasteiger charge is 2.31. The molecule has 0 saturated carbocycles. The van der Waals surface area contributed by atoms with E-state index in [0.717, 1.165) is 18.4 Å². The maximum Gasteiger partial charge on any atom is 0.212 e. The van der Waals surface area contributed by atoms with Gasteiger partial charge in [-0.15, -0.1) is 0 Å². The van der Waals surface area contributed by atoms with E-state index in [1.165, 1.54) is 12.1 Å². The van der Waals surface area contributed by atoms with E-state index < -0.39 is 16.1 Å². The molecule has 0 amide bonds. The monoisotopic (exact) mass is 343 g/mol. The fraction of sp³-hybridized carbons (Fsp3) is 0.647. The molecule has 0 bridgehead atoms. The smallest absolute Gasteiger partial charge is 0.212 e. The van der Waals surface area contributed by atoms with Gasteiger partial charge in [0.1, 0.15) is 5.82 Å². The summed E-state index contributed by atoms with van der Waals surface area (Å²) in [6.45, 7) is 7.16. The molecule has 4 nitrogen and oxygen atoms in total. The summed E-state index contributed by atoms with van der Waals surface area (Å²) in [6.07, 6.45) is 1.55. The summed E-state index contributed by atoms with van der Waals surface area (Å²) in [5.41, 5.74) is 0.454. The minimum absolute atomic E-state index is 0.115. The van der Waals surface area contributed by atoms with Crippen LogP contribution in [0.15, 0.2) is 24.3 Å². The molecule has 1 unspecified atom stereocenters.